The van der Waals surface area contributed by atoms with Crippen LogP contribution in [0.1, 0.15) is 38.6 Å². The summed E-state index contributed by atoms with van der Waals surface area (Å²) in [6.45, 7) is 5.69. The van der Waals surface area contributed by atoms with Crippen molar-refractivity contribution in [2.24, 2.45) is 0 Å². The predicted octanol–water partition coefficient (Wildman–Crippen LogP) is 2.12. The van der Waals surface area contributed by atoms with E-state index in [-0.39, 0.29) is 12.6 Å². The Labute approximate surface area is 117 Å². The smallest absolute Gasteiger partial charge is 0.323 e. The summed E-state index contributed by atoms with van der Waals surface area (Å²) in [7, 11) is 1.63. The van der Waals surface area contributed by atoms with E-state index in [9.17, 15) is 9.90 Å². The second-order valence-electron chi connectivity index (χ2n) is 5.20. The van der Waals surface area contributed by atoms with Crippen molar-refractivity contribution in [3.05, 3.63) is 5.01 Å². The number of nitrogens with one attached hydrogen (secondary N) is 1. The van der Waals surface area contributed by atoms with Crippen molar-refractivity contribution in [1.82, 2.24) is 15.1 Å². The molecule has 7 heteroatoms. The highest BCUT2D eigenvalue weighted by molar-refractivity contribution is 7.15. The van der Waals surface area contributed by atoms with Gasteiger partial charge in [-0.25, -0.2) is 4.79 Å². The molecule has 0 aromatic carbocycles. The van der Waals surface area contributed by atoms with Gasteiger partial charge in [-0.1, -0.05) is 24.7 Å². The Bertz CT molecular complexity index is 414. The average Bonchev–Trinajstić information content (AvgIpc) is 2.71. The highest BCUT2D eigenvalue weighted by Crippen LogP contribution is 2.17. The molecule has 2 amide bonds. The number of hydrogen-bond acceptors (Lipinski definition) is 5. The number of hydrogen-bond donors (Lipinski definition) is 2. The monoisotopic (exact) mass is 286 g/mol. The maximum absolute atomic E-state index is 11.9. The predicted molar refractivity (Wildman–Crippen MR) is 76.5 cm³/mol. The summed E-state index contributed by atoms with van der Waals surface area (Å²) in [4.78, 5) is 13.3. The molecule has 0 saturated carbocycles. The van der Waals surface area contributed by atoms with E-state index in [2.05, 4.69) is 22.4 Å². The molecular weight excluding hydrogens is 264 g/mol. The summed E-state index contributed by atoms with van der Waals surface area (Å²) in [6, 6.07) is -0.291. The molecule has 0 spiro atoms. The molecule has 108 valence electrons. The van der Waals surface area contributed by atoms with E-state index in [1.165, 1.54) is 16.2 Å². The minimum Gasteiger partial charge on any atom is -0.389 e. The van der Waals surface area contributed by atoms with Gasteiger partial charge in [-0.2, -0.15) is 0 Å². The van der Waals surface area contributed by atoms with Gasteiger partial charge in [0.05, 0.1) is 12.1 Å². The van der Waals surface area contributed by atoms with Crippen LogP contribution in [0.2, 0.25) is 0 Å². The average molecular weight is 286 g/mol. The first-order valence-corrected chi connectivity index (χ1v) is 7.20. The topological polar surface area (TPSA) is 78.4 Å². The van der Waals surface area contributed by atoms with Crippen LogP contribution in [0.15, 0.2) is 0 Å². The molecule has 2 N–H and O–H groups in total. The number of urea groups is 1. The number of anilines is 1. The lowest BCUT2D eigenvalue weighted by Crippen LogP contribution is -2.41. The molecule has 0 radical (unpaired) electrons. The summed E-state index contributed by atoms with van der Waals surface area (Å²) in [5.41, 5.74) is -0.917. The van der Waals surface area contributed by atoms with Crippen LogP contribution < -0.4 is 5.32 Å². The molecule has 0 aliphatic carbocycles. The van der Waals surface area contributed by atoms with Crippen LogP contribution >= 0.6 is 11.3 Å². The number of nitrogens with zero attached hydrogens (tertiary/aromatic N) is 3. The summed E-state index contributed by atoms with van der Waals surface area (Å²) in [5.74, 6) is 0. The maximum Gasteiger partial charge on any atom is 0.323 e. The van der Waals surface area contributed by atoms with Crippen molar-refractivity contribution in [3.8, 4) is 0 Å². The van der Waals surface area contributed by atoms with Gasteiger partial charge >= 0.3 is 6.03 Å². The first-order valence-electron chi connectivity index (χ1n) is 6.38. The number of likely N-dealkylation sites (N-methyl/N-ethyl adjacent to an activating group) is 1. The molecule has 1 aromatic heterocycles. The van der Waals surface area contributed by atoms with Crippen molar-refractivity contribution in [2.45, 2.75) is 45.6 Å². The SMILES string of the molecule is CCCCc1nnc(NC(=O)N(C)CC(C)(C)O)s1. The highest BCUT2D eigenvalue weighted by Gasteiger charge is 2.20. The van der Waals surface area contributed by atoms with Gasteiger partial charge in [-0.05, 0) is 20.3 Å². The quantitative estimate of drug-likeness (QED) is 0.839. The van der Waals surface area contributed by atoms with E-state index in [0.717, 1.165) is 24.3 Å². The third-order valence-corrected chi connectivity index (χ3v) is 3.29. The Kier molecular flexibility index (Phi) is 5.68. The normalized spacial score (nSPS) is 11.4. The van der Waals surface area contributed by atoms with Gasteiger partial charge in [-0.3, -0.25) is 5.32 Å². The fourth-order valence-corrected chi connectivity index (χ4v) is 2.34. The zero-order valence-electron chi connectivity index (χ0n) is 11.9. The zero-order chi connectivity index (χ0) is 14.5. The van der Waals surface area contributed by atoms with Crippen LogP contribution in [0, 0.1) is 0 Å². The molecule has 6 nitrogen and oxygen atoms in total. The fourth-order valence-electron chi connectivity index (χ4n) is 1.57. The minimum absolute atomic E-state index is 0.250. The van der Waals surface area contributed by atoms with Gasteiger partial charge in [0.15, 0.2) is 0 Å². The summed E-state index contributed by atoms with van der Waals surface area (Å²) in [5, 5.41) is 21.7. The fraction of sp³-hybridized carbons (Fsp3) is 0.750. The van der Waals surface area contributed by atoms with Crippen molar-refractivity contribution >= 4 is 22.5 Å². The van der Waals surface area contributed by atoms with Gasteiger partial charge in [0, 0.05) is 13.5 Å². The van der Waals surface area contributed by atoms with E-state index >= 15 is 0 Å². The Balaban J connectivity index is 2.50. The third-order valence-electron chi connectivity index (χ3n) is 2.40. The number of aromatic nitrogens is 2. The van der Waals surface area contributed by atoms with Crippen molar-refractivity contribution in [3.63, 3.8) is 0 Å². The second-order valence-corrected chi connectivity index (χ2v) is 6.27. The molecule has 0 saturated heterocycles. The van der Waals surface area contributed by atoms with E-state index in [0.29, 0.717) is 5.13 Å². The molecule has 1 rings (SSSR count). The second kappa shape index (κ2) is 6.81. The zero-order valence-corrected chi connectivity index (χ0v) is 12.8. The number of unbranched alkanes of at least 4 members (excludes halogenated alkanes) is 1. The number of aryl methyl sites for hydroxylation is 1. The van der Waals surface area contributed by atoms with E-state index in [1.807, 2.05) is 0 Å². The molecule has 0 atom stereocenters. The van der Waals surface area contributed by atoms with Gasteiger partial charge in [0.2, 0.25) is 5.13 Å². The molecular formula is C12H22N4O2S. The lowest BCUT2D eigenvalue weighted by Gasteiger charge is -2.25. The van der Waals surface area contributed by atoms with Crippen LogP contribution in [-0.4, -0.2) is 45.4 Å². The standard InChI is InChI=1S/C12H22N4O2S/c1-5-6-7-9-14-15-10(19-9)13-11(17)16(4)8-12(2,3)18/h18H,5-8H2,1-4H3,(H,13,15,17). The molecule has 0 bridgehead atoms. The molecule has 0 aliphatic rings. The van der Waals surface area contributed by atoms with Crippen LogP contribution in [0.3, 0.4) is 0 Å². The molecule has 0 fully saturated rings. The van der Waals surface area contributed by atoms with Crippen LogP contribution in [0.5, 0.6) is 0 Å². The lowest BCUT2D eigenvalue weighted by atomic mass is 10.1. The van der Waals surface area contributed by atoms with Crippen molar-refractivity contribution < 1.29 is 9.90 Å². The first kappa shape index (κ1) is 15.8. The number of amides is 2. The van der Waals surface area contributed by atoms with Crippen molar-refractivity contribution in [2.75, 3.05) is 18.9 Å². The Hall–Kier alpha value is -1.21. The minimum atomic E-state index is -0.917. The van der Waals surface area contributed by atoms with E-state index in [1.54, 1.807) is 20.9 Å². The number of rotatable bonds is 6. The number of aliphatic hydroxyl groups is 1. The maximum atomic E-state index is 11.9. The lowest BCUT2D eigenvalue weighted by molar-refractivity contribution is 0.0550. The first-order chi connectivity index (χ1) is 8.81. The van der Waals surface area contributed by atoms with Gasteiger partial charge < -0.3 is 10.0 Å². The van der Waals surface area contributed by atoms with E-state index in [4.69, 9.17) is 0 Å². The van der Waals surface area contributed by atoms with Gasteiger partial charge in [0.25, 0.3) is 0 Å². The summed E-state index contributed by atoms with van der Waals surface area (Å²) >= 11 is 1.39. The third kappa shape index (κ3) is 5.98. The molecule has 0 aliphatic heterocycles. The Morgan fingerprint density at radius 3 is 2.74 bits per heavy atom. The highest BCUT2D eigenvalue weighted by atomic mass is 32.1. The van der Waals surface area contributed by atoms with Gasteiger partial charge in [0.1, 0.15) is 5.01 Å². The number of carbonyl (C=O) groups is 1. The van der Waals surface area contributed by atoms with Crippen LogP contribution in [0.4, 0.5) is 9.93 Å². The molecule has 0 unspecified atom stereocenters. The van der Waals surface area contributed by atoms with Crippen molar-refractivity contribution in [1.29, 1.82) is 0 Å². The molecule has 1 heterocycles. The van der Waals surface area contributed by atoms with Gasteiger partial charge in [-0.15, -0.1) is 10.2 Å². The molecule has 19 heavy (non-hydrogen) atoms. The van der Waals surface area contributed by atoms with Crippen LogP contribution in [-0.2, 0) is 6.42 Å². The Morgan fingerprint density at radius 2 is 2.16 bits per heavy atom. The summed E-state index contributed by atoms with van der Waals surface area (Å²) < 4.78 is 0. The number of carbonyl (C=O) groups excluding carboxylic acids is 1. The van der Waals surface area contributed by atoms with E-state index < -0.39 is 5.60 Å². The summed E-state index contributed by atoms with van der Waals surface area (Å²) in [6.07, 6.45) is 3.07. The molecule has 1 aromatic rings. The largest absolute Gasteiger partial charge is 0.389 e. The Morgan fingerprint density at radius 1 is 1.47 bits per heavy atom. The van der Waals surface area contributed by atoms with Crippen LogP contribution in [0.25, 0.3) is 0 Å².